The van der Waals surface area contributed by atoms with E-state index in [1.54, 1.807) is 6.20 Å². The van der Waals surface area contributed by atoms with Gasteiger partial charge in [0.1, 0.15) is 5.75 Å². The maximum atomic E-state index is 12.7. The molecule has 2 aromatic carbocycles. The van der Waals surface area contributed by atoms with Gasteiger partial charge >= 0.3 is 0 Å². The summed E-state index contributed by atoms with van der Waals surface area (Å²) >= 11 is 6.48. The molecule has 0 bridgehead atoms. The molecule has 1 fully saturated rings. The Morgan fingerprint density at radius 1 is 1.16 bits per heavy atom. The summed E-state index contributed by atoms with van der Waals surface area (Å²) < 4.78 is 6.06. The van der Waals surface area contributed by atoms with Crippen molar-refractivity contribution in [2.75, 3.05) is 25.0 Å². The SMILES string of the molecule is CC(C)Nc1ncc2cc(-c3ccccc3Cl)c(OCC(=O)N3CCCCC3)cc2n1. The minimum Gasteiger partial charge on any atom is -0.483 e. The van der Waals surface area contributed by atoms with Crippen LogP contribution in [-0.2, 0) is 4.79 Å². The first-order valence-electron chi connectivity index (χ1n) is 10.7. The first kappa shape index (κ1) is 21.4. The van der Waals surface area contributed by atoms with E-state index in [9.17, 15) is 4.79 Å². The van der Waals surface area contributed by atoms with Crippen molar-refractivity contribution < 1.29 is 9.53 Å². The second kappa shape index (κ2) is 9.52. The molecule has 0 radical (unpaired) electrons. The van der Waals surface area contributed by atoms with Gasteiger partial charge in [0.25, 0.3) is 5.91 Å². The van der Waals surface area contributed by atoms with Gasteiger partial charge in [0.15, 0.2) is 6.61 Å². The molecule has 1 aromatic heterocycles. The molecule has 1 amide bonds. The van der Waals surface area contributed by atoms with Gasteiger partial charge in [0, 0.05) is 52.9 Å². The van der Waals surface area contributed by atoms with Crippen LogP contribution in [-0.4, -0.2) is 46.5 Å². The van der Waals surface area contributed by atoms with Gasteiger partial charge in [0.2, 0.25) is 5.95 Å². The Hall–Kier alpha value is -2.86. The molecular formula is C24H27ClN4O2. The Balaban J connectivity index is 1.69. The number of aromatic nitrogens is 2. The predicted octanol–water partition coefficient (Wildman–Crippen LogP) is 5.16. The molecule has 162 valence electrons. The smallest absolute Gasteiger partial charge is 0.260 e. The van der Waals surface area contributed by atoms with Crippen molar-refractivity contribution in [2.24, 2.45) is 0 Å². The van der Waals surface area contributed by atoms with Crippen molar-refractivity contribution in [1.82, 2.24) is 14.9 Å². The number of nitrogens with one attached hydrogen (secondary N) is 1. The Morgan fingerprint density at radius 2 is 1.94 bits per heavy atom. The van der Waals surface area contributed by atoms with Gasteiger partial charge in [-0.2, -0.15) is 0 Å². The molecule has 3 aromatic rings. The number of benzene rings is 2. The monoisotopic (exact) mass is 438 g/mol. The van der Waals surface area contributed by atoms with Crippen molar-refractivity contribution in [1.29, 1.82) is 0 Å². The van der Waals surface area contributed by atoms with E-state index in [-0.39, 0.29) is 18.6 Å². The largest absolute Gasteiger partial charge is 0.483 e. The molecule has 0 spiro atoms. The lowest BCUT2D eigenvalue weighted by molar-refractivity contribution is -0.134. The lowest BCUT2D eigenvalue weighted by atomic mass is 10.0. The number of ether oxygens (including phenoxy) is 1. The fourth-order valence-electron chi connectivity index (χ4n) is 3.77. The van der Waals surface area contributed by atoms with E-state index in [0.717, 1.165) is 48.0 Å². The lowest BCUT2D eigenvalue weighted by Crippen LogP contribution is -2.38. The molecule has 1 aliphatic rings. The number of carbonyl (C=O) groups excluding carboxylic acids is 1. The average Bonchev–Trinajstić information content (AvgIpc) is 2.77. The number of hydrogen-bond donors (Lipinski definition) is 1. The maximum Gasteiger partial charge on any atom is 0.260 e. The number of likely N-dealkylation sites (tertiary alicyclic amines) is 1. The number of halogens is 1. The first-order chi connectivity index (χ1) is 15.0. The van der Waals surface area contributed by atoms with E-state index in [1.165, 1.54) is 6.42 Å². The maximum absolute atomic E-state index is 12.7. The Kier molecular flexibility index (Phi) is 6.56. The molecule has 0 atom stereocenters. The van der Waals surface area contributed by atoms with Gasteiger partial charge in [0.05, 0.1) is 5.52 Å². The zero-order valence-corrected chi connectivity index (χ0v) is 18.7. The van der Waals surface area contributed by atoms with Crippen LogP contribution in [0.2, 0.25) is 5.02 Å². The highest BCUT2D eigenvalue weighted by molar-refractivity contribution is 6.33. The molecule has 6 nitrogen and oxygen atoms in total. The van der Waals surface area contributed by atoms with Crippen molar-refractivity contribution in [3.05, 3.63) is 47.6 Å². The van der Waals surface area contributed by atoms with E-state index < -0.39 is 0 Å². The molecule has 1 N–H and O–H groups in total. The van der Waals surface area contributed by atoms with Crippen LogP contribution < -0.4 is 10.1 Å². The fraction of sp³-hybridized carbons (Fsp3) is 0.375. The summed E-state index contributed by atoms with van der Waals surface area (Å²) in [5.74, 6) is 1.15. The van der Waals surface area contributed by atoms with E-state index in [1.807, 2.05) is 55.1 Å². The fourth-order valence-corrected chi connectivity index (χ4v) is 4.01. The summed E-state index contributed by atoms with van der Waals surface area (Å²) in [6.07, 6.45) is 5.07. The minimum absolute atomic E-state index is 0.00879. The standard InChI is InChI=1S/C24H27ClN4O2/c1-16(2)27-24-26-14-17-12-19(18-8-4-5-9-20(18)25)22(13-21(17)28-24)31-15-23(30)29-10-6-3-7-11-29/h4-5,8-9,12-14,16H,3,6-7,10-11,15H2,1-2H3,(H,26,27,28). The number of piperidine rings is 1. The van der Waals surface area contributed by atoms with E-state index in [4.69, 9.17) is 16.3 Å². The second-order valence-electron chi connectivity index (χ2n) is 8.11. The predicted molar refractivity (Wildman–Crippen MR) is 125 cm³/mol. The number of anilines is 1. The highest BCUT2D eigenvalue weighted by Crippen LogP contribution is 2.37. The van der Waals surface area contributed by atoms with Crippen LogP contribution in [0.1, 0.15) is 33.1 Å². The van der Waals surface area contributed by atoms with Crippen molar-refractivity contribution in [2.45, 2.75) is 39.2 Å². The van der Waals surface area contributed by atoms with E-state index in [0.29, 0.717) is 16.7 Å². The number of nitrogens with zero attached hydrogens (tertiary/aromatic N) is 3. The normalized spacial score (nSPS) is 14.1. The average molecular weight is 439 g/mol. The van der Waals surface area contributed by atoms with Crippen LogP contribution in [0.25, 0.3) is 22.0 Å². The first-order valence-corrected chi connectivity index (χ1v) is 11.1. The van der Waals surface area contributed by atoms with E-state index >= 15 is 0 Å². The molecule has 1 saturated heterocycles. The summed E-state index contributed by atoms with van der Waals surface area (Å²) in [6.45, 7) is 5.66. The zero-order valence-electron chi connectivity index (χ0n) is 17.9. The highest BCUT2D eigenvalue weighted by atomic mass is 35.5. The molecule has 4 rings (SSSR count). The Morgan fingerprint density at radius 3 is 2.68 bits per heavy atom. The summed E-state index contributed by atoms with van der Waals surface area (Å²) in [5.41, 5.74) is 2.41. The Labute approximate surface area is 187 Å². The number of rotatable bonds is 6. The van der Waals surface area contributed by atoms with Gasteiger partial charge in [-0.15, -0.1) is 0 Å². The number of fused-ring (bicyclic) bond motifs is 1. The summed E-state index contributed by atoms with van der Waals surface area (Å²) in [4.78, 5) is 23.6. The van der Waals surface area contributed by atoms with Crippen LogP contribution in [0.3, 0.4) is 0 Å². The molecule has 0 saturated carbocycles. The molecule has 0 unspecified atom stereocenters. The minimum atomic E-state index is -0.00879. The topological polar surface area (TPSA) is 67.4 Å². The van der Waals surface area contributed by atoms with Crippen LogP contribution in [0.5, 0.6) is 5.75 Å². The summed E-state index contributed by atoms with van der Waals surface area (Å²) in [6, 6.07) is 11.7. The van der Waals surface area contributed by atoms with E-state index in [2.05, 4.69) is 15.3 Å². The van der Waals surface area contributed by atoms with Crippen molar-refractivity contribution >= 4 is 34.4 Å². The molecule has 1 aliphatic heterocycles. The highest BCUT2D eigenvalue weighted by Gasteiger charge is 2.19. The second-order valence-corrected chi connectivity index (χ2v) is 8.52. The van der Waals surface area contributed by atoms with Crippen LogP contribution >= 0.6 is 11.6 Å². The number of amides is 1. The summed E-state index contributed by atoms with van der Waals surface area (Å²) in [7, 11) is 0. The molecular weight excluding hydrogens is 412 g/mol. The molecule has 7 heteroatoms. The van der Waals surface area contributed by atoms with Crippen LogP contribution in [0.15, 0.2) is 42.6 Å². The zero-order chi connectivity index (χ0) is 21.8. The quantitative estimate of drug-likeness (QED) is 0.575. The number of hydrogen-bond acceptors (Lipinski definition) is 5. The van der Waals surface area contributed by atoms with Gasteiger partial charge in [-0.1, -0.05) is 29.8 Å². The van der Waals surface area contributed by atoms with Crippen molar-refractivity contribution in [3.8, 4) is 16.9 Å². The third-order valence-corrected chi connectivity index (χ3v) is 5.65. The third kappa shape index (κ3) is 5.07. The van der Waals surface area contributed by atoms with Gasteiger partial charge in [-0.25, -0.2) is 9.97 Å². The summed E-state index contributed by atoms with van der Waals surface area (Å²) in [5, 5.41) is 4.71. The third-order valence-electron chi connectivity index (χ3n) is 5.32. The van der Waals surface area contributed by atoms with Crippen LogP contribution in [0, 0.1) is 0 Å². The number of carbonyl (C=O) groups is 1. The lowest BCUT2D eigenvalue weighted by Gasteiger charge is -2.26. The molecule has 0 aliphatic carbocycles. The van der Waals surface area contributed by atoms with Gasteiger partial charge in [-0.05, 0) is 45.2 Å². The van der Waals surface area contributed by atoms with Gasteiger partial charge < -0.3 is 15.0 Å². The molecule has 2 heterocycles. The Bertz CT molecular complexity index is 1080. The van der Waals surface area contributed by atoms with Crippen molar-refractivity contribution in [3.63, 3.8) is 0 Å². The van der Waals surface area contributed by atoms with Gasteiger partial charge in [-0.3, -0.25) is 4.79 Å². The molecule has 31 heavy (non-hydrogen) atoms. The van der Waals surface area contributed by atoms with Crippen LogP contribution in [0.4, 0.5) is 5.95 Å².